The van der Waals surface area contributed by atoms with E-state index in [1.54, 1.807) is 19.1 Å². The van der Waals surface area contributed by atoms with Crippen LogP contribution in [-0.2, 0) is 11.2 Å². The largest absolute Gasteiger partial charge is 0.480 e. The Hall–Kier alpha value is -1.78. The van der Waals surface area contributed by atoms with Gasteiger partial charge in [0, 0.05) is 6.42 Å². The standard InChI is InChI=1S/C13H19NO4/c1-4-8(3)11(13(16)17)14-12(15)10-7-6-9(5-2)18-10/h6-8,11H,4-5H2,1-3H3,(H,14,15)(H,16,17)/t8-,11-/m0/s1. The van der Waals surface area contributed by atoms with Gasteiger partial charge in [-0.15, -0.1) is 0 Å². The molecule has 0 bridgehead atoms. The van der Waals surface area contributed by atoms with Gasteiger partial charge in [0.2, 0.25) is 0 Å². The Bertz CT molecular complexity index is 424. The molecule has 0 aliphatic carbocycles. The Labute approximate surface area is 106 Å². The number of carboxylic acid groups (broad SMARTS) is 1. The number of hydrogen-bond acceptors (Lipinski definition) is 3. The van der Waals surface area contributed by atoms with E-state index in [4.69, 9.17) is 9.52 Å². The lowest BCUT2D eigenvalue weighted by Gasteiger charge is -2.19. The zero-order valence-corrected chi connectivity index (χ0v) is 10.9. The molecule has 0 radical (unpaired) electrons. The van der Waals surface area contributed by atoms with Crippen molar-refractivity contribution in [3.63, 3.8) is 0 Å². The maximum atomic E-state index is 11.8. The Morgan fingerprint density at radius 2 is 2.06 bits per heavy atom. The molecule has 0 spiro atoms. The maximum absolute atomic E-state index is 11.8. The van der Waals surface area contributed by atoms with E-state index < -0.39 is 17.9 Å². The third-order valence-electron chi connectivity index (χ3n) is 3.00. The van der Waals surface area contributed by atoms with Gasteiger partial charge in [-0.3, -0.25) is 4.79 Å². The summed E-state index contributed by atoms with van der Waals surface area (Å²) >= 11 is 0. The molecule has 2 N–H and O–H groups in total. The van der Waals surface area contributed by atoms with Crippen LogP contribution < -0.4 is 5.32 Å². The van der Waals surface area contributed by atoms with Gasteiger partial charge in [0.05, 0.1) is 0 Å². The van der Waals surface area contributed by atoms with E-state index in [1.165, 1.54) is 0 Å². The molecule has 1 amide bonds. The lowest BCUT2D eigenvalue weighted by Crippen LogP contribution is -2.44. The molecule has 0 aromatic carbocycles. The second-order valence-electron chi connectivity index (χ2n) is 4.29. The highest BCUT2D eigenvalue weighted by atomic mass is 16.4. The molecule has 1 heterocycles. The number of carbonyl (C=O) groups is 2. The number of carbonyl (C=O) groups excluding carboxylic acids is 1. The van der Waals surface area contributed by atoms with Gasteiger partial charge >= 0.3 is 5.97 Å². The molecule has 1 rings (SSSR count). The normalized spacial score (nSPS) is 13.9. The van der Waals surface area contributed by atoms with Gasteiger partial charge in [0.15, 0.2) is 5.76 Å². The molecule has 1 aromatic heterocycles. The van der Waals surface area contributed by atoms with Crippen molar-refractivity contribution < 1.29 is 19.1 Å². The summed E-state index contributed by atoms with van der Waals surface area (Å²) in [5.74, 6) is -0.786. The Balaban J connectivity index is 2.75. The predicted octanol–water partition coefficient (Wildman–Crippen LogP) is 2.07. The first-order chi connectivity index (χ1) is 8.49. The number of rotatable bonds is 6. The van der Waals surface area contributed by atoms with Crippen LogP contribution in [-0.4, -0.2) is 23.0 Å². The van der Waals surface area contributed by atoms with Crippen molar-refractivity contribution in [1.82, 2.24) is 5.32 Å². The highest BCUT2D eigenvalue weighted by molar-refractivity contribution is 5.94. The number of furan rings is 1. The first kappa shape index (κ1) is 14.3. The van der Waals surface area contributed by atoms with Crippen LogP contribution in [0.4, 0.5) is 0 Å². The fourth-order valence-electron chi connectivity index (χ4n) is 1.59. The molecule has 5 nitrogen and oxygen atoms in total. The van der Waals surface area contributed by atoms with Crippen LogP contribution in [0.2, 0.25) is 0 Å². The van der Waals surface area contributed by atoms with Gasteiger partial charge in [0.25, 0.3) is 5.91 Å². The zero-order chi connectivity index (χ0) is 13.7. The average Bonchev–Trinajstić information content (AvgIpc) is 2.83. The van der Waals surface area contributed by atoms with Crippen molar-refractivity contribution in [2.45, 2.75) is 39.7 Å². The van der Waals surface area contributed by atoms with Gasteiger partial charge in [-0.25, -0.2) is 4.79 Å². The molecule has 2 atom stereocenters. The first-order valence-corrected chi connectivity index (χ1v) is 6.11. The lowest BCUT2D eigenvalue weighted by molar-refractivity contribution is -0.140. The molecule has 100 valence electrons. The summed E-state index contributed by atoms with van der Waals surface area (Å²) in [7, 11) is 0. The van der Waals surface area contributed by atoms with E-state index in [9.17, 15) is 9.59 Å². The molecule has 0 unspecified atom stereocenters. The molecule has 1 aromatic rings. The van der Waals surface area contributed by atoms with Crippen LogP contribution in [0, 0.1) is 5.92 Å². The number of aliphatic carboxylic acids is 1. The van der Waals surface area contributed by atoms with Crippen molar-refractivity contribution in [1.29, 1.82) is 0 Å². The number of hydrogen-bond donors (Lipinski definition) is 2. The summed E-state index contributed by atoms with van der Waals surface area (Å²) in [5, 5.41) is 11.6. The number of nitrogens with one attached hydrogen (secondary N) is 1. The van der Waals surface area contributed by atoms with E-state index >= 15 is 0 Å². The number of amides is 1. The first-order valence-electron chi connectivity index (χ1n) is 6.11. The minimum atomic E-state index is -1.03. The van der Waals surface area contributed by atoms with Crippen LogP contribution in [0.15, 0.2) is 16.5 Å². The van der Waals surface area contributed by atoms with E-state index in [0.717, 1.165) is 0 Å². The molecule has 0 fully saturated rings. The summed E-state index contributed by atoms with van der Waals surface area (Å²) in [6.07, 6.45) is 1.37. The third kappa shape index (κ3) is 3.35. The van der Waals surface area contributed by atoms with Gasteiger partial charge in [-0.05, 0) is 18.1 Å². The van der Waals surface area contributed by atoms with Gasteiger partial charge in [-0.1, -0.05) is 27.2 Å². The average molecular weight is 253 g/mol. The van der Waals surface area contributed by atoms with Crippen LogP contribution in [0.25, 0.3) is 0 Å². The Morgan fingerprint density at radius 3 is 2.50 bits per heavy atom. The van der Waals surface area contributed by atoms with Crippen LogP contribution >= 0.6 is 0 Å². The molecule has 0 saturated heterocycles. The molecular weight excluding hydrogens is 234 g/mol. The molecule has 0 aliphatic rings. The molecular formula is C13H19NO4. The van der Waals surface area contributed by atoms with Crippen molar-refractivity contribution >= 4 is 11.9 Å². The number of carboxylic acids is 1. The smallest absolute Gasteiger partial charge is 0.326 e. The number of aryl methyl sites for hydroxylation is 1. The van der Waals surface area contributed by atoms with E-state index in [0.29, 0.717) is 18.6 Å². The van der Waals surface area contributed by atoms with E-state index in [1.807, 2.05) is 13.8 Å². The SMILES string of the molecule is CCc1ccc(C(=O)N[C@H](C(=O)O)[C@@H](C)CC)o1. The Morgan fingerprint density at radius 1 is 1.39 bits per heavy atom. The summed E-state index contributed by atoms with van der Waals surface area (Å²) in [5.41, 5.74) is 0. The highest BCUT2D eigenvalue weighted by Crippen LogP contribution is 2.12. The molecule has 0 saturated carbocycles. The summed E-state index contributed by atoms with van der Waals surface area (Å²) in [6, 6.07) is 2.38. The quantitative estimate of drug-likeness (QED) is 0.813. The maximum Gasteiger partial charge on any atom is 0.326 e. The van der Waals surface area contributed by atoms with Crippen molar-refractivity contribution in [3.05, 3.63) is 23.7 Å². The Kier molecular flexibility index (Phi) is 4.95. The topological polar surface area (TPSA) is 79.5 Å². The molecule has 5 heteroatoms. The fourth-order valence-corrected chi connectivity index (χ4v) is 1.59. The van der Waals surface area contributed by atoms with Crippen molar-refractivity contribution in [2.24, 2.45) is 5.92 Å². The summed E-state index contributed by atoms with van der Waals surface area (Å²) < 4.78 is 5.28. The fraction of sp³-hybridized carbons (Fsp3) is 0.538. The summed E-state index contributed by atoms with van der Waals surface area (Å²) in [4.78, 5) is 22.9. The summed E-state index contributed by atoms with van der Waals surface area (Å²) in [6.45, 7) is 5.59. The van der Waals surface area contributed by atoms with Crippen molar-refractivity contribution in [3.8, 4) is 0 Å². The van der Waals surface area contributed by atoms with Crippen molar-refractivity contribution in [2.75, 3.05) is 0 Å². The third-order valence-corrected chi connectivity index (χ3v) is 3.00. The van der Waals surface area contributed by atoms with Crippen LogP contribution in [0.3, 0.4) is 0 Å². The van der Waals surface area contributed by atoms with E-state index in [2.05, 4.69) is 5.32 Å². The van der Waals surface area contributed by atoms with Gasteiger partial charge in [0.1, 0.15) is 11.8 Å². The monoisotopic (exact) mass is 253 g/mol. The van der Waals surface area contributed by atoms with Gasteiger partial charge in [-0.2, -0.15) is 0 Å². The minimum absolute atomic E-state index is 0.132. The van der Waals surface area contributed by atoms with Gasteiger partial charge < -0.3 is 14.8 Å². The second-order valence-corrected chi connectivity index (χ2v) is 4.29. The molecule has 0 aliphatic heterocycles. The predicted molar refractivity (Wildman–Crippen MR) is 66.4 cm³/mol. The van der Waals surface area contributed by atoms with Crippen LogP contribution in [0.1, 0.15) is 43.5 Å². The molecule has 18 heavy (non-hydrogen) atoms. The minimum Gasteiger partial charge on any atom is -0.480 e. The lowest BCUT2D eigenvalue weighted by atomic mass is 9.99. The van der Waals surface area contributed by atoms with E-state index in [-0.39, 0.29) is 11.7 Å². The zero-order valence-electron chi connectivity index (χ0n) is 10.9. The highest BCUT2D eigenvalue weighted by Gasteiger charge is 2.26. The van der Waals surface area contributed by atoms with Crippen LogP contribution in [0.5, 0.6) is 0 Å². The second kappa shape index (κ2) is 6.23.